The minimum absolute atomic E-state index is 0.147. The van der Waals surface area contributed by atoms with Crippen molar-refractivity contribution in [1.82, 2.24) is 9.78 Å². The summed E-state index contributed by atoms with van der Waals surface area (Å²) in [5, 5.41) is 16.9. The monoisotopic (exact) mass is 379 g/mol. The molecule has 0 saturated carbocycles. The number of carboxylic acids is 1. The number of hydrogen-bond acceptors (Lipinski definition) is 3. The van der Waals surface area contributed by atoms with Crippen LogP contribution in [0.2, 0.25) is 15.1 Å². The largest absolute Gasteiger partial charge is 0.543 e. The molecule has 0 aliphatic heterocycles. The number of hydrogen-bond donors (Lipinski definition) is 0. The van der Waals surface area contributed by atoms with Crippen molar-refractivity contribution < 1.29 is 9.90 Å². The van der Waals surface area contributed by atoms with Gasteiger partial charge in [0.1, 0.15) is 5.69 Å². The number of carboxylic acid groups (broad SMARTS) is 1. The minimum Gasteiger partial charge on any atom is -0.543 e. The van der Waals surface area contributed by atoms with Crippen molar-refractivity contribution in [1.29, 1.82) is 0 Å². The maximum Gasteiger partial charge on any atom is 0.112 e. The van der Waals surface area contributed by atoms with E-state index in [1.807, 2.05) is 0 Å². The summed E-state index contributed by atoms with van der Waals surface area (Å²) in [6.45, 7) is 1.67. The zero-order valence-electron chi connectivity index (χ0n) is 12.4. The maximum absolute atomic E-state index is 11.4. The number of carbonyl (C=O) groups is 1. The van der Waals surface area contributed by atoms with Crippen molar-refractivity contribution in [3.8, 4) is 16.9 Å². The van der Waals surface area contributed by atoms with Gasteiger partial charge in [-0.15, -0.1) is 0 Å². The van der Waals surface area contributed by atoms with Crippen LogP contribution in [0.3, 0.4) is 0 Å². The van der Waals surface area contributed by atoms with E-state index in [-0.39, 0.29) is 5.69 Å². The predicted octanol–water partition coefficient (Wildman–Crippen LogP) is 4.17. The van der Waals surface area contributed by atoms with Crippen LogP contribution in [0.25, 0.3) is 16.9 Å². The second-order valence-electron chi connectivity index (χ2n) is 5.12. The smallest absolute Gasteiger partial charge is 0.112 e. The van der Waals surface area contributed by atoms with Gasteiger partial charge in [0.25, 0.3) is 0 Å². The molecule has 0 aliphatic carbocycles. The second-order valence-corrected chi connectivity index (χ2v) is 6.40. The molecule has 0 bridgehead atoms. The van der Waals surface area contributed by atoms with Crippen LogP contribution < -0.4 is 5.11 Å². The number of nitrogens with zero attached hydrogens (tertiary/aromatic N) is 2. The standard InChI is InChI=1S/C17H11Cl3N2O2/c1-9-15(17(23)24)21-22(14-7-6-12(19)8-13(14)20)16(9)10-2-4-11(18)5-3-10/h2-8H,1H3,(H,23,24)/p-1. The van der Waals surface area contributed by atoms with Crippen LogP contribution in [0.1, 0.15) is 16.1 Å². The lowest BCUT2D eigenvalue weighted by atomic mass is 10.1. The van der Waals surface area contributed by atoms with Crippen LogP contribution in [-0.2, 0) is 0 Å². The Kier molecular flexibility index (Phi) is 4.54. The normalized spacial score (nSPS) is 10.8. The summed E-state index contributed by atoms with van der Waals surface area (Å²) in [4.78, 5) is 11.4. The molecule has 2 aromatic carbocycles. The third-order valence-electron chi connectivity index (χ3n) is 3.57. The third kappa shape index (κ3) is 3.00. The zero-order chi connectivity index (χ0) is 17.4. The first kappa shape index (κ1) is 16.8. The number of aromatic nitrogens is 2. The molecule has 24 heavy (non-hydrogen) atoms. The van der Waals surface area contributed by atoms with E-state index in [1.165, 1.54) is 4.68 Å². The molecule has 3 aromatic rings. The molecule has 0 fully saturated rings. The molecule has 122 valence electrons. The van der Waals surface area contributed by atoms with Gasteiger partial charge in [-0.05, 0) is 37.3 Å². The lowest BCUT2D eigenvalue weighted by Crippen LogP contribution is -2.23. The number of carbonyl (C=O) groups excluding carboxylic acids is 1. The first-order valence-electron chi connectivity index (χ1n) is 6.91. The van der Waals surface area contributed by atoms with E-state index >= 15 is 0 Å². The van der Waals surface area contributed by atoms with E-state index in [0.29, 0.717) is 32.0 Å². The molecule has 0 atom stereocenters. The first-order valence-corrected chi connectivity index (χ1v) is 8.04. The lowest BCUT2D eigenvalue weighted by Gasteiger charge is -2.11. The number of aromatic carboxylic acids is 1. The summed E-state index contributed by atoms with van der Waals surface area (Å²) in [6.07, 6.45) is 0. The molecule has 4 nitrogen and oxygen atoms in total. The predicted molar refractivity (Wildman–Crippen MR) is 93.1 cm³/mol. The topological polar surface area (TPSA) is 57.9 Å². The average Bonchev–Trinajstić information content (AvgIpc) is 2.86. The van der Waals surface area contributed by atoms with Crippen molar-refractivity contribution in [2.24, 2.45) is 0 Å². The van der Waals surface area contributed by atoms with Gasteiger partial charge in [0, 0.05) is 21.2 Å². The van der Waals surface area contributed by atoms with Crippen LogP contribution in [0, 0.1) is 6.92 Å². The van der Waals surface area contributed by atoms with E-state index in [4.69, 9.17) is 34.8 Å². The fourth-order valence-electron chi connectivity index (χ4n) is 2.46. The molecule has 0 spiro atoms. The van der Waals surface area contributed by atoms with E-state index in [9.17, 15) is 9.90 Å². The molecular weight excluding hydrogens is 371 g/mol. The molecule has 3 rings (SSSR count). The Balaban J connectivity index is 2.30. The Morgan fingerprint density at radius 1 is 1.04 bits per heavy atom. The Labute approximate surface area is 153 Å². The molecular formula is C17H10Cl3N2O2-. The van der Waals surface area contributed by atoms with Crippen LogP contribution in [0.5, 0.6) is 0 Å². The molecule has 0 saturated heterocycles. The van der Waals surface area contributed by atoms with Gasteiger partial charge in [0.15, 0.2) is 0 Å². The molecule has 0 radical (unpaired) electrons. The van der Waals surface area contributed by atoms with Crippen LogP contribution in [0.15, 0.2) is 42.5 Å². The fraction of sp³-hybridized carbons (Fsp3) is 0.0588. The summed E-state index contributed by atoms with van der Waals surface area (Å²) in [7, 11) is 0. The summed E-state index contributed by atoms with van der Waals surface area (Å²) in [5.41, 5.74) is 2.19. The van der Waals surface area contributed by atoms with Crippen LogP contribution >= 0.6 is 34.8 Å². The van der Waals surface area contributed by atoms with E-state index in [2.05, 4.69) is 5.10 Å². The summed E-state index contributed by atoms with van der Waals surface area (Å²) in [6, 6.07) is 11.9. The molecule has 1 heterocycles. The molecule has 7 heteroatoms. The fourth-order valence-corrected chi connectivity index (χ4v) is 3.08. The number of benzene rings is 2. The minimum atomic E-state index is -1.36. The van der Waals surface area contributed by atoms with Gasteiger partial charge in [-0.25, -0.2) is 4.68 Å². The van der Waals surface area contributed by atoms with Crippen molar-refractivity contribution in [2.75, 3.05) is 0 Å². The Morgan fingerprint density at radius 2 is 1.67 bits per heavy atom. The lowest BCUT2D eigenvalue weighted by molar-refractivity contribution is -0.255. The van der Waals surface area contributed by atoms with E-state index in [1.54, 1.807) is 49.4 Å². The van der Waals surface area contributed by atoms with Crippen LogP contribution in [-0.4, -0.2) is 15.7 Å². The number of halogens is 3. The van der Waals surface area contributed by atoms with E-state index < -0.39 is 5.97 Å². The Bertz CT molecular complexity index is 934. The van der Waals surface area contributed by atoms with Crippen molar-refractivity contribution >= 4 is 40.8 Å². The highest BCUT2D eigenvalue weighted by Crippen LogP contribution is 2.32. The first-order chi connectivity index (χ1) is 11.4. The van der Waals surface area contributed by atoms with E-state index in [0.717, 1.165) is 5.56 Å². The molecule has 0 unspecified atom stereocenters. The summed E-state index contributed by atoms with van der Waals surface area (Å²) in [5.74, 6) is -1.36. The molecule has 0 amide bonds. The van der Waals surface area contributed by atoms with Gasteiger partial charge in [-0.2, -0.15) is 5.10 Å². The summed E-state index contributed by atoms with van der Waals surface area (Å²) < 4.78 is 1.47. The highest BCUT2D eigenvalue weighted by molar-refractivity contribution is 6.35. The van der Waals surface area contributed by atoms with Crippen molar-refractivity contribution in [3.05, 3.63) is 68.8 Å². The van der Waals surface area contributed by atoms with Gasteiger partial charge in [0.05, 0.1) is 22.4 Å². The number of rotatable bonds is 3. The highest BCUT2D eigenvalue weighted by atomic mass is 35.5. The summed E-state index contributed by atoms with van der Waals surface area (Å²) >= 11 is 18.1. The van der Waals surface area contributed by atoms with Crippen molar-refractivity contribution in [2.45, 2.75) is 6.92 Å². The molecule has 0 aliphatic rings. The van der Waals surface area contributed by atoms with Gasteiger partial charge in [-0.1, -0.05) is 46.9 Å². The van der Waals surface area contributed by atoms with Gasteiger partial charge in [0.2, 0.25) is 0 Å². The molecule has 0 N–H and O–H groups in total. The molecule has 1 aromatic heterocycles. The zero-order valence-corrected chi connectivity index (χ0v) is 14.7. The average molecular weight is 381 g/mol. The Hall–Kier alpha value is -2.01. The van der Waals surface area contributed by atoms with Gasteiger partial charge >= 0.3 is 0 Å². The third-order valence-corrected chi connectivity index (χ3v) is 4.36. The quantitative estimate of drug-likeness (QED) is 0.685. The highest BCUT2D eigenvalue weighted by Gasteiger charge is 2.19. The van der Waals surface area contributed by atoms with Gasteiger partial charge in [-0.3, -0.25) is 0 Å². The Morgan fingerprint density at radius 3 is 2.25 bits per heavy atom. The van der Waals surface area contributed by atoms with Crippen LogP contribution in [0.4, 0.5) is 0 Å². The maximum atomic E-state index is 11.4. The second kappa shape index (κ2) is 6.48. The van der Waals surface area contributed by atoms with Crippen molar-refractivity contribution in [3.63, 3.8) is 0 Å². The van der Waals surface area contributed by atoms with Gasteiger partial charge < -0.3 is 9.90 Å². The SMILES string of the molecule is Cc1c(C(=O)[O-])nn(-c2ccc(Cl)cc2Cl)c1-c1ccc(Cl)cc1.